The van der Waals surface area contributed by atoms with E-state index < -0.39 is 5.41 Å². The first kappa shape index (κ1) is 33.0. The summed E-state index contributed by atoms with van der Waals surface area (Å²) in [6.07, 6.45) is 0. The molecule has 0 bridgehead atoms. The molecule has 0 saturated heterocycles. The van der Waals surface area contributed by atoms with Gasteiger partial charge in [0.25, 0.3) is 0 Å². The van der Waals surface area contributed by atoms with Crippen molar-refractivity contribution in [2.75, 3.05) is 4.90 Å². The van der Waals surface area contributed by atoms with Crippen LogP contribution >= 0.6 is 0 Å². The van der Waals surface area contributed by atoms with Gasteiger partial charge >= 0.3 is 0 Å². The van der Waals surface area contributed by atoms with E-state index in [4.69, 9.17) is 4.42 Å². The molecule has 0 unspecified atom stereocenters. The molecule has 0 aliphatic heterocycles. The van der Waals surface area contributed by atoms with E-state index in [2.05, 4.69) is 219 Å². The minimum atomic E-state index is -0.534. The van der Waals surface area contributed by atoms with E-state index in [9.17, 15) is 0 Å². The van der Waals surface area contributed by atoms with Crippen LogP contribution in [-0.2, 0) is 10.8 Å². The van der Waals surface area contributed by atoms with Crippen molar-refractivity contribution in [3.05, 3.63) is 234 Å². The van der Waals surface area contributed by atoms with Gasteiger partial charge < -0.3 is 9.32 Å². The zero-order chi connectivity index (χ0) is 38.6. The summed E-state index contributed by atoms with van der Waals surface area (Å²) in [7, 11) is 0. The largest absolute Gasteiger partial charge is 0.453 e. The highest BCUT2D eigenvalue weighted by Gasteiger charge is 2.48. The molecule has 0 radical (unpaired) electrons. The Morgan fingerprint density at radius 2 is 0.862 bits per heavy atom. The maximum absolute atomic E-state index is 7.18. The Bertz CT molecular complexity index is 3220. The molecule has 2 nitrogen and oxygen atoms in total. The van der Waals surface area contributed by atoms with Gasteiger partial charge in [-0.25, -0.2) is 0 Å². The minimum absolute atomic E-state index is 0.168. The van der Waals surface area contributed by atoms with Crippen LogP contribution in [-0.4, -0.2) is 0 Å². The number of nitrogens with zero attached hydrogens (tertiary/aromatic N) is 1. The van der Waals surface area contributed by atoms with E-state index in [-0.39, 0.29) is 5.41 Å². The van der Waals surface area contributed by atoms with Crippen molar-refractivity contribution in [3.8, 4) is 22.3 Å². The highest BCUT2D eigenvalue weighted by atomic mass is 16.3. The van der Waals surface area contributed by atoms with Gasteiger partial charge in [0.05, 0.1) is 22.5 Å². The Morgan fingerprint density at radius 3 is 1.59 bits per heavy atom. The van der Waals surface area contributed by atoms with E-state index in [0.717, 1.165) is 44.4 Å². The summed E-state index contributed by atoms with van der Waals surface area (Å²) in [5.41, 5.74) is 17.1. The van der Waals surface area contributed by atoms with Crippen molar-refractivity contribution in [3.63, 3.8) is 0 Å². The number of benzene rings is 9. The van der Waals surface area contributed by atoms with Crippen LogP contribution in [0.3, 0.4) is 0 Å². The lowest BCUT2D eigenvalue weighted by Crippen LogP contribution is -2.28. The summed E-state index contributed by atoms with van der Waals surface area (Å²) in [5.74, 6) is 0. The molecular formula is C56H39NO. The maximum Gasteiger partial charge on any atom is 0.159 e. The highest BCUT2D eigenvalue weighted by Crippen LogP contribution is 2.61. The van der Waals surface area contributed by atoms with Crippen LogP contribution in [0.25, 0.3) is 55.0 Å². The average molecular weight is 742 g/mol. The molecule has 0 fully saturated rings. The van der Waals surface area contributed by atoms with Crippen molar-refractivity contribution in [1.29, 1.82) is 0 Å². The first-order valence-corrected chi connectivity index (χ1v) is 20.3. The van der Waals surface area contributed by atoms with Crippen molar-refractivity contribution in [2.45, 2.75) is 24.7 Å². The molecule has 9 aromatic carbocycles. The average Bonchev–Trinajstić information content (AvgIpc) is 3.90. The van der Waals surface area contributed by atoms with Crippen LogP contribution < -0.4 is 4.90 Å². The molecule has 10 aromatic rings. The summed E-state index contributed by atoms with van der Waals surface area (Å²) in [4.78, 5) is 2.52. The molecule has 58 heavy (non-hydrogen) atoms. The number of hydrogen-bond donors (Lipinski definition) is 0. The molecule has 0 N–H and O–H groups in total. The smallest absolute Gasteiger partial charge is 0.159 e. The highest BCUT2D eigenvalue weighted by molar-refractivity contribution is 6.18. The normalized spacial score (nSPS) is 14.3. The summed E-state index contributed by atoms with van der Waals surface area (Å²) in [6.45, 7) is 4.73. The molecule has 0 atom stereocenters. The molecule has 12 rings (SSSR count). The number of para-hydroxylation sites is 1. The van der Waals surface area contributed by atoms with Gasteiger partial charge in [0.1, 0.15) is 5.58 Å². The van der Waals surface area contributed by atoms with Gasteiger partial charge in [0, 0.05) is 32.7 Å². The number of rotatable bonds is 5. The van der Waals surface area contributed by atoms with E-state index in [1.807, 2.05) is 0 Å². The predicted octanol–water partition coefficient (Wildman–Crippen LogP) is 14.9. The fraction of sp³-hybridized carbons (Fsp3) is 0.0714. The maximum atomic E-state index is 7.18. The Kier molecular flexibility index (Phi) is 6.93. The standard InChI is InChI=1S/C56H39NO/c1-55(2)44-27-13-11-24-42(44)51-46(55)29-16-31-48(51)57(50-33-15-26-40-41-35-34-36-18-9-10-23-39(36)53(41)58-54(40)50)49-32-17-30-47-52(49)43-25-12-14-28-45(43)56(47,37-19-5-3-6-20-37)38-21-7-4-8-22-38/h3-35H,1-2H3. The molecule has 1 heterocycles. The van der Waals surface area contributed by atoms with E-state index in [1.54, 1.807) is 0 Å². The van der Waals surface area contributed by atoms with Gasteiger partial charge in [-0.1, -0.05) is 190 Å². The molecule has 0 spiro atoms. The third kappa shape index (κ3) is 4.32. The van der Waals surface area contributed by atoms with Gasteiger partial charge in [0.2, 0.25) is 0 Å². The Balaban J connectivity index is 1.23. The van der Waals surface area contributed by atoms with Gasteiger partial charge in [-0.3, -0.25) is 0 Å². The van der Waals surface area contributed by atoms with Crippen molar-refractivity contribution in [1.82, 2.24) is 0 Å². The number of fused-ring (bicyclic) bond motifs is 11. The third-order valence-electron chi connectivity index (χ3n) is 13.1. The van der Waals surface area contributed by atoms with Crippen LogP contribution in [0.4, 0.5) is 17.1 Å². The second kappa shape index (κ2) is 12.2. The summed E-state index contributed by atoms with van der Waals surface area (Å²) in [6, 6.07) is 73.6. The number of hydrogen-bond acceptors (Lipinski definition) is 2. The zero-order valence-corrected chi connectivity index (χ0v) is 32.4. The molecule has 2 heteroatoms. The first-order chi connectivity index (χ1) is 28.6. The quantitative estimate of drug-likeness (QED) is 0.175. The lowest BCUT2D eigenvalue weighted by atomic mass is 9.68. The zero-order valence-electron chi connectivity index (χ0n) is 32.4. The second-order valence-corrected chi connectivity index (χ2v) is 16.4. The predicted molar refractivity (Wildman–Crippen MR) is 241 cm³/mol. The van der Waals surface area contributed by atoms with Crippen LogP contribution in [0.2, 0.25) is 0 Å². The van der Waals surface area contributed by atoms with Gasteiger partial charge in [-0.15, -0.1) is 0 Å². The third-order valence-corrected chi connectivity index (χ3v) is 13.1. The number of anilines is 3. The first-order valence-electron chi connectivity index (χ1n) is 20.3. The molecule has 0 amide bonds. The van der Waals surface area contributed by atoms with Crippen LogP contribution in [0.5, 0.6) is 0 Å². The molecule has 1 aromatic heterocycles. The lowest BCUT2D eigenvalue weighted by Gasteiger charge is -2.34. The lowest BCUT2D eigenvalue weighted by molar-refractivity contribution is 0.660. The van der Waals surface area contributed by atoms with Crippen LogP contribution in [0.15, 0.2) is 205 Å². The summed E-state index contributed by atoms with van der Waals surface area (Å²) >= 11 is 0. The Hall–Kier alpha value is -7.16. The van der Waals surface area contributed by atoms with Crippen molar-refractivity contribution >= 4 is 49.8 Å². The van der Waals surface area contributed by atoms with Gasteiger partial charge in [-0.2, -0.15) is 0 Å². The second-order valence-electron chi connectivity index (χ2n) is 16.4. The topological polar surface area (TPSA) is 16.4 Å². The van der Waals surface area contributed by atoms with Crippen LogP contribution in [0.1, 0.15) is 47.2 Å². The van der Waals surface area contributed by atoms with Crippen molar-refractivity contribution in [2.24, 2.45) is 0 Å². The SMILES string of the molecule is CC1(C)c2ccccc2-c2c(N(c3cccc4c3-c3ccccc3C4(c3ccccc3)c3ccccc3)c3cccc4c3oc3c5ccccc5ccc43)cccc21. The van der Waals surface area contributed by atoms with E-state index in [0.29, 0.717) is 0 Å². The Labute approximate surface area is 338 Å². The Morgan fingerprint density at radius 1 is 0.362 bits per heavy atom. The number of furan rings is 1. The molecular weight excluding hydrogens is 703 g/mol. The fourth-order valence-corrected chi connectivity index (χ4v) is 10.7. The monoisotopic (exact) mass is 741 g/mol. The molecule has 2 aliphatic rings. The fourth-order valence-electron chi connectivity index (χ4n) is 10.7. The molecule has 2 aliphatic carbocycles. The van der Waals surface area contributed by atoms with Gasteiger partial charge in [-0.05, 0) is 74.2 Å². The molecule has 0 saturated carbocycles. The molecule has 274 valence electrons. The van der Waals surface area contributed by atoms with Crippen molar-refractivity contribution < 1.29 is 4.42 Å². The van der Waals surface area contributed by atoms with Crippen LogP contribution in [0, 0.1) is 0 Å². The van der Waals surface area contributed by atoms with Gasteiger partial charge in [0.15, 0.2) is 5.58 Å². The summed E-state index contributed by atoms with van der Waals surface area (Å²) < 4.78 is 7.18. The minimum Gasteiger partial charge on any atom is -0.453 e. The summed E-state index contributed by atoms with van der Waals surface area (Å²) in [5, 5.41) is 4.52. The van der Waals surface area contributed by atoms with E-state index in [1.165, 1.54) is 61.0 Å². The van der Waals surface area contributed by atoms with E-state index >= 15 is 0 Å².